The van der Waals surface area contributed by atoms with Gasteiger partial charge in [0, 0.05) is 37.3 Å². The number of benzene rings is 1. The summed E-state index contributed by atoms with van der Waals surface area (Å²) in [5.41, 5.74) is 4.53. The average molecular weight is 470 g/mol. The minimum atomic E-state index is 0.689. The third-order valence-corrected chi connectivity index (χ3v) is 6.67. The molecule has 1 aromatic carbocycles. The summed E-state index contributed by atoms with van der Waals surface area (Å²) in [7, 11) is 4.00. The summed E-state index contributed by atoms with van der Waals surface area (Å²) < 4.78 is 5.22. The summed E-state index contributed by atoms with van der Waals surface area (Å²) in [4.78, 5) is 18.2. The van der Waals surface area contributed by atoms with Crippen LogP contribution in [0.2, 0.25) is 0 Å². The fourth-order valence-corrected chi connectivity index (χ4v) is 4.76. The van der Waals surface area contributed by atoms with Crippen molar-refractivity contribution < 1.29 is 4.42 Å². The summed E-state index contributed by atoms with van der Waals surface area (Å²) in [5.74, 6) is 2.53. The van der Waals surface area contributed by atoms with Crippen molar-refractivity contribution in [1.29, 1.82) is 0 Å². The van der Waals surface area contributed by atoms with E-state index in [0.29, 0.717) is 5.82 Å². The smallest absolute Gasteiger partial charge is 0.166 e. The zero-order valence-corrected chi connectivity index (χ0v) is 20.4. The molecule has 0 aliphatic carbocycles. The normalized spacial score (nSPS) is 11.1. The highest BCUT2D eigenvalue weighted by Crippen LogP contribution is 2.31. The topological polar surface area (TPSA) is 67.1 Å². The molecule has 4 aromatic heterocycles. The summed E-state index contributed by atoms with van der Waals surface area (Å²) >= 11 is 1.69. The third-order valence-electron chi connectivity index (χ3n) is 5.72. The quantitative estimate of drug-likeness (QED) is 0.264. The van der Waals surface area contributed by atoms with Gasteiger partial charge in [-0.1, -0.05) is 24.3 Å². The van der Waals surface area contributed by atoms with E-state index in [9.17, 15) is 0 Å². The first-order chi connectivity index (χ1) is 16.6. The van der Waals surface area contributed by atoms with Gasteiger partial charge in [-0.15, -0.1) is 11.3 Å². The van der Waals surface area contributed by atoms with E-state index < -0.39 is 0 Å². The Kier molecular flexibility index (Phi) is 6.27. The van der Waals surface area contributed by atoms with E-state index in [0.717, 1.165) is 52.4 Å². The van der Waals surface area contributed by atoms with Crippen LogP contribution >= 0.6 is 11.3 Å². The van der Waals surface area contributed by atoms with Gasteiger partial charge < -0.3 is 14.6 Å². The van der Waals surface area contributed by atoms with Gasteiger partial charge in [-0.3, -0.25) is 0 Å². The summed E-state index contributed by atoms with van der Waals surface area (Å²) in [5, 5.41) is 4.61. The number of nitrogens with zero attached hydrogens (tertiary/aromatic N) is 4. The van der Waals surface area contributed by atoms with E-state index in [1.165, 1.54) is 16.0 Å². The monoisotopic (exact) mass is 469 g/mol. The van der Waals surface area contributed by atoms with Gasteiger partial charge >= 0.3 is 0 Å². The Hall–Kier alpha value is -3.71. The lowest BCUT2D eigenvalue weighted by atomic mass is 10.0. The Balaban J connectivity index is 1.22. The molecule has 0 aliphatic heterocycles. The van der Waals surface area contributed by atoms with E-state index in [-0.39, 0.29) is 0 Å². The molecule has 0 radical (unpaired) electrons. The van der Waals surface area contributed by atoms with E-state index >= 15 is 0 Å². The highest BCUT2D eigenvalue weighted by atomic mass is 32.1. The molecule has 7 heteroatoms. The van der Waals surface area contributed by atoms with Crippen molar-refractivity contribution in [2.24, 2.45) is 0 Å². The van der Waals surface area contributed by atoms with E-state index in [1.807, 2.05) is 37.3 Å². The van der Waals surface area contributed by atoms with Gasteiger partial charge in [0.05, 0.1) is 17.2 Å². The van der Waals surface area contributed by atoms with Gasteiger partial charge in [-0.25, -0.2) is 15.0 Å². The number of fused-ring (bicyclic) bond motifs is 1. The largest absolute Gasteiger partial charge is 0.472 e. The molecule has 172 valence electrons. The number of nitrogens with one attached hydrogen (secondary N) is 1. The summed E-state index contributed by atoms with van der Waals surface area (Å²) in [6.07, 6.45) is 7.27. The number of furan rings is 1. The third kappa shape index (κ3) is 4.79. The van der Waals surface area contributed by atoms with Crippen LogP contribution in [0.15, 0.2) is 71.7 Å². The highest BCUT2D eigenvalue weighted by molar-refractivity contribution is 7.18. The maximum absolute atomic E-state index is 5.22. The molecule has 0 amide bonds. The SMILES string of the molecule is Cc1cc2c(NCCCc3ccc(-c4ccc(N(C)C)nc4)cc3)nc(-c3ccoc3)nc2s1. The van der Waals surface area contributed by atoms with Gasteiger partial charge in [-0.2, -0.15) is 0 Å². The summed E-state index contributed by atoms with van der Waals surface area (Å²) in [6, 6.07) is 17.0. The van der Waals surface area contributed by atoms with E-state index in [1.54, 1.807) is 23.9 Å². The molecule has 5 rings (SSSR count). The molecular formula is C27H27N5OS. The summed E-state index contributed by atoms with van der Waals surface area (Å²) in [6.45, 7) is 2.94. The lowest BCUT2D eigenvalue weighted by Gasteiger charge is -2.11. The number of thiophene rings is 1. The predicted molar refractivity (Wildman–Crippen MR) is 141 cm³/mol. The van der Waals surface area contributed by atoms with Gasteiger partial charge in [0.25, 0.3) is 0 Å². The second kappa shape index (κ2) is 9.65. The van der Waals surface area contributed by atoms with Crippen LogP contribution in [0.4, 0.5) is 11.6 Å². The minimum absolute atomic E-state index is 0.689. The number of hydrogen-bond acceptors (Lipinski definition) is 7. The van der Waals surface area contributed by atoms with Crippen LogP contribution in [0.5, 0.6) is 0 Å². The first-order valence-electron chi connectivity index (χ1n) is 11.3. The van der Waals surface area contributed by atoms with Crippen molar-refractivity contribution in [2.75, 3.05) is 30.9 Å². The molecule has 34 heavy (non-hydrogen) atoms. The molecule has 0 fully saturated rings. The zero-order chi connectivity index (χ0) is 23.5. The number of anilines is 2. The van der Waals surface area contributed by atoms with Crippen LogP contribution in [0.3, 0.4) is 0 Å². The van der Waals surface area contributed by atoms with Crippen molar-refractivity contribution in [1.82, 2.24) is 15.0 Å². The molecule has 0 saturated carbocycles. The fourth-order valence-electron chi connectivity index (χ4n) is 3.88. The maximum Gasteiger partial charge on any atom is 0.166 e. The van der Waals surface area contributed by atoms with Crippen molar-refractivity contribution in [3.05, 3.63) is 77.7 Å². The maximum atomic E-state index is 5.22. The average Bonchev–Trinajstić information content (AvgIpc) is 3.51. The van der Waals surface area contributed by atoms with E-state index in [4.69, 9.17) is 14.4 Å². The Labute approximate surface area is 203 Å². The molecule has 4 heterocycles. The van der Waals surface area contributed by atoms with Crippen molar-refractivity contribution >= 4 is 33.2 Å². The molecular weight excluding hydrogens is 442 g/mol. The first-order valence-corrected chi connectivity index (χ1v) is 12.2. The van der Waals surface area contributed by atoms with Gasteiger partial charge in [0.15, 0.2) is 5.82 Å². The van der Waals surface area contributed by atoms with Crippen molar-refractivity contribution in [3.63, 3.8) is 0 Å². The molecule has 0 spiro atoms. The highest BCUT2D eigenvalue weighted by Gasteiger charge is 2.12. The molecule has 0 saturated heterocycles. The molecule has 5 aromatic rings. The number of aryl methyl sites for hydroxylation is 2. The Morgan fingerprint density at radius 3 is 2.50 bits per heavy atom. The number of pyridine rings is 1. The van der Waals surface area contributed by atoms with E-state index in [2.05, 4.69) is 53.6 Å². The second-order valence-corrected chi connectivity index (χ2v) is 9.75. The van der Waals surface area contributed by atoms with Crippen LogP contribution in [0.1, 0.15) is 16.9 Å². The first kappa shape index (κ1) is 22.1. The van der Waals surface area contributed by atoms with Crippen LogP contribution in [-0.2, 0) is 6.42 Å². The van der Waals surface area contributed by atoms with Gasteiger partial charge in [0.1, 0.15) is 22.7 Å². The second-order valence-electron chi connectivity index (χ2n) is 8.51. The number of aromatic nitrogens is 3. The van der Waals surface area contributed by atoms with Gasteiger partial charge in [0.2, 0.25) is 0 Å². The predicted octanol–water partition coefficient (Wildman–Crippen LogP) is 6.43. The van der Waals surface area contributed by atoms with Gasteiger partial charge in [-0.05, 0) is 55.2 Å². The molecule has 0 atom stereocenters. The van der Waals surface area contributed by atoms with Crippen LogP contribution in [0, 0.1) is 6.92 Å². The molecule has 6 nitrogen and oxygen atoms in total. The molecule has 0 bridgehead atoms. The van der Waals surface area contributed by atoms with Crippen molar-refractivity contribution in [3.8, 4) is 22.5 Å². The van der Waals surface area contributed by atoms with Crippen LogP contribution in [0.25, 0.3) is 32.7 Å². The lowest BCUT2D eigenvalue weighted by molar-refractivity contribution is 0.568. The lowest BCUT2D eigenvalue weighted by Crippen LogP contribution is -2.09. The molecule has 0 aliphatic rings. The molecule has 1 N–H and O–H groups in total. The Morgan fingerprint density at radius 2 is 1.79 bits per heavy atom. The van der Waals surface area contributed by atoms with Crippen molar-refractivity contribution in [2.45, 2.75) is 19.8 Å². The molecule has 0 unspecified atom stereocenters. The zero-order valence-electron chi connectivity index (χ0n) is 19.6. The standard InChI is InChI=1S/C27H27N5OS/c1-18-15-23-26(30-25(31-27(23)34-18)22-12-14-33-17-22)28-13-4-5-19-6-8-20(9-7-19)21-10-11-24(29-16-21)32(2)3/h6-12,14-17H,4-5,13H2,1-3H3,(H,28,30,31). The van der Waals surface area contributed by atoms with Crippen LogP contribution < -0.4 is 10.2 Å². The number of hydrogen-bond donors (Lipinski definition) is 1. The number of rotatable bonds is 8. The fraction of sp³-hybridized carbons (Fsp3) is 0.222. The Bertz CT molecular complexity index is 1370. The van der Waals surface area contributed by atoms with Crippen LogP contribution in [-0.4, -0.2) is 35.6 Å². The Morgan fingerprint density at radius 1 is 0.971 bits per heavy atom. The minimum Gasteiger partial charge on any atom is -0.472 e.